The second kappa shape index (κ2) is 10.6. The molecule has 34 heavy (non-hydrogen) atoms. The summed E-state index contributed by atoms with van der Waals surface area (Å²) in [7, 11) is -0.917. The fourth-order valence-electron chi connectivity index (χ4n) is 3.08. The summed E-state index contributed by atoms with van der Waals surface area (Å²) in [6.07, 6.45) is 1.20. The van der Waals surface area contributed by atoms with Crippen molar-refractivity contribution < 1.29 is 27.9 Å². The summed E-state index contributed by atoms with van der Waals surface area (Å²) in [6, 6.07) is 11.4. The van der Waals surface area contributed by atoms with Crippen LogP contribution in [-0.2, 0) is 10.0 Å². The molecule has 0 bridgehead atoms. The van der Waals surface area contributed by atoms with Gasteiger partial charge in [0, 0.05) is 12.7 Å². The van der Waals surface area contributed by atoms with Gasteiger partial charge in [-0.3, -0.25) is 9.59 Å². The summed E-state index contributed by atoms with van der Waals surface area (Å²) in [6.45, 7) is -0.0273. The third-order valence-corrected chi connectivity index (χ3v) is 6.69. The first-order valence-electron chi connectivity index (χ1n) is 9.98. The lowest BCUT2D eigenvalue weighted by Gasteiger charge is -2.20. The first-order chi connectivity index (χ1) is 16.1. The number of phenols is 1. The third-order valence-electron chi connectivity index (χ3n) is 4.96. The largest absolute Gasteiger partial charge is 0.508 e. The van der Waals surface area contributed by atoms with Crippen LogP contribution in [0.15, 0.2) is 59.6 Å². The van der Waals surface area contributed by atoms with Crippen molar-refractivity contribution >= 4 is 33.4 Å². The number of aromatic hydroxyl groups is 1. The number of hydrogen-bond acceptors (Lipinski definition) is 6. The number of benzene rings is 2. The van der Waals surface area contributed by atoms with E-state index in [0.29, 0.717) is 11.3 Å². The van der Waals surface area contributed by atoms with Gasteiger partial charge < -0.3 is 25.5 Å². The molecule has 1 heterocycles. The lowest BCUT2D eigenvalue weighted by Crippen LogP contribution is -2.38. The lowest BCUT2D eigenvalue weighted by molar-refractivity contribution is 0.0906. The van der Waals surface area contributed by atoms with Gasteiger partial charge in [-0.15, -0.1) is 0 Å². The SMILES string of the molecule is CNS(=O)(=O)c1c[nH]c(C(=O)NCC(NC(=O)c2cc(O)ccc2Cl)c2ccc(OC)cc2)c1. The molecule has 0 aliphatic carbocycles. The number of sulfonamides is 1. The molecule has 3 aromatic rings. The highest BCUT2D eigenvalue weighted by Gasteiger charge is 2.21. The topological polar surface area (TPSA) is 150 Å². The number of nitrogens with one attached hydrogen (secondary N) is 4. The van der Waals surface area contributed by atoms with E-state index in [1.54, 1.807) is 24.3 Å². The van der Waals surface area contributed by atoms with Crippen LogP contribution >= 0.6 is 11.6 Å². The van der Waals surface area contributed by atoms with Crippen LogP contribution in [0.5, 0.6) is 11.5 Å². The van der Waals surface area contributed by atoms with Gasteiger partial charge in [-0.2, -0.15) is 0 Å². The molecular weight excluding hydrogens is 484 g/mol. The number of rotatable bonds is 9. The van der Waals surface area contributed by atoms with Crippen LogP contribution in [0.1, 0.15) is 32.5 Å². The monoisotopic (exact) mass is 506 g/mol. The van der Waals surface area contributed by atoms with Gasteiger partial charge in [-0.25, -0.2) is 13.1 Å². The Bertz CT molecular complexity index is 1290. The van der Waals surface area contributed by atoms with Crippen LogP contribution < -0.4 is 20.1 Å². The number of aromatic amines is 1. The molecule has 10 nitrogen and oxygen atoms in total. The summed E-state index contributed by atoms with van der Waals surface area (Å²) >= 11 is 6.10. The molecule has 1 unspecified atom stereocenters. The van der Waals surface area contributed by atoms with Crippen LogP contribution in [0.3, 0.4) is 0 Å². The van der Waals surface area contributed by atoms with E-state index in [1.165, 1.54) is 44.6 Å². The maximum atomic E-state index is 12.9. The minimum atomic E-state index is -3.71. The van der Waals surface area contributed by atoms with E-state index >= 15 is 0 Å². The van der Waals surface area contributed by atoms with Crippen molar-refractivity contribution in [3.05, 3.63) is 76.6 Å². The van der Waals surface area contributed by atoms with Crippen LogP contribution in [0, 0.1) is 0 Å². The number of carbonyl (C=O) groups excluding carboxylic acids is 2. The normalized spacial score (nSPS) is 12.1. The number of ether oxygens (including phenoxy) is 1. The Morgan fingerprint density at radius 2 is 1.82 bits per heavy atom. The quantitative estimate of drug-likeness (QED) is 0.300. The Hall–Kier alpha value is -3.54. The molecule has 2 amide bonds. The fourth-order valence-corrected chi connectivity index (χ4v) is 4.01. The molecule has 1 aromatic heterocycles. The zero-order chi connectivity index (χ0) is 24.9. The van der Waals surface area contributed by atoms with Crippen molar-refractivity contribution in [3.8, 4) is 11.5 Å². The molecule has 3 rings (SSSR count). The molecule has 0 spiro atoms. The molecule has 12 heteroatoms. The minimum Gasteiger partial charge on any atom is -0.508 e. The zero-order valence-electron chi connectivity index (χ0n) is 18.3. The van der Waals surface area contributed by atoms with E-state index in [-0.39, 0.29) is 33.5 Å². The Morgan fingerprint density at radius 1 is 1.12 bits per heavy atom. The van der Waals surface area contributed by atoms with E-state index < -0.39 is 27.9 Å². The molecule has 1 atom stereocenters. The second-order valence-electron chi connectivity index (χ2n) is 7.13. The average Bonchev–Trinajstić information content (AvgIpc) is 3.34. The van der Waals surface area contributed by atoms with Crippen molar-refractivity contribution in [1.82, 2.24) is 20.3 Å². The van der Waals surface area contributed by atoms with Gasteiger partial charge >= 0.3 is 0 Å². The number of H-pyrrole nitrogens is 1. The van der Waals surface area contributed by atoms with Crippen molar-refractivity contribution in [2.24, 2.45) is 0 Å². The van der Waals surface area contributed by atoms with Crippen molar-refractivity contribution in [1.29, 1.82) is 0 Å². The summed E-state index contributed by atoms with van der Waals surface area (Å²) in [4.78, 5) is 28.0. The molecule has 2 aromatic carbocycles. The number of methoxy groups -OCH3 is 1. The number of carbonyl (C=O) groups is 2. The van der Waals surface area contributed by atoms with Gasteiger partial charge in [0.25, 0.3) is 11.8 Å². The number of aromatic nitrogens is 1. The smallest absolute Gasteiger partial charge is 0.267 e. The highest BCUT2D eigenvalue weighted by Crippen LogP contribution is 2.23. The number of halogens is 1. The molecular formula is C22H23ClN4O6S. The predicted molar refractivity (Wildman–Crippen MR) is 126 cm³/mol. The van der Waals surface area contributed by atoms with Crippen molar-refractivity contribution in [2.45, 2.75) is 10.9 Å². The highest BCUT2D eigenvalue weighted by atomic mass is 35.5. The Kier molecular flexibility index (Phi) is 7.82. The molecule has 0 aliphatic rings. The number of hydrogen-bond donors (Lipinski definition) is 5. The maximum Gasteiger partial charge on any atom is 0.267 e. The zero-order valence-corrected chi connectivity index (χ0v) is 19.8. The van der Waals surface area contributed by atoms with E-state index in [0.717, 1.165) is 0 Å². The van der Waals surface area contributed by atoms with Crippen molar-refractivity contribution in [2.75, 3.05) is 20.7 Å². The Labute approximate surface area is 201 Å². The van der Waals surface area contributed by atoms with E-state index in [9.17, 15) is 23.1 Å². The van der Waals surface area contributed by atoms with E-state index in [1.807, 2.05) is 0 Å². The van der Waals surface area contributed by atoms with Gasteiger partial charge in [0.2, 0.25) is 10.0 Å². The van der Waals surface area contributed by atoms with Crippen LogP contribution in [0.2, 0.25) is 5.02 Å². The van der Waals surface area contributed by atoms with Gasteiger partial charge in [0.05, 0.1) is 23.7 Å². The standard InChI is InChI=1S/C22H23ClN4O6S/c1-24-34(31,32)16-10-19(25-11-16)22(30)26-12-20(13-3-6-15(33-2)7-4-13)27-21(29)17-9-14(28)5-8-18(17)23/h3-11,20,24-25,28H,12H2,1-2H3,(H,26,30)(H,27,29). The molecule has 0 radical (unpaired) electrons. The molecule has 0 saturated carbocycles. The van der Waals surface area contributed by atoms with Crippen molar-refractivity contribution in [3.63, 3.8) is 0 Å². The molecule has 5 N–H and O–H groups in total. The maximum absolute atomic E-state index is 12.9. The van der Waals surface area contributed by atoms with Gasteiger partial charge in [-0.1, -0.05) is 23.7 Å². The molecule has 0 aliphatic heterocycles. The summed E-state index contributed by atoms with van der Waals surface area (Å²) in [5.41, 5.74) is 0.762. The van der Waals surface area contributed by atoms with Crippen LogP contribution in [0.25, 0.3) is 0 Å². The van der Waals surface area contributed by atoms with Gasteiger partial charge in [0.15, 0.2) is 0 Å². The molecule has 0 saturated heterocycles. The van der Waals surface area contributed by atoms with E-state index in [2.05, 4.69) is 20.3 Å². The summed E-state index contributed by atoms with van der Waals surface area (Å²) in [5, 5.41) is 15.3. The minimum absolute atomic E-state index is 0.0273. The first kappa shape index (κ1) is 25.1. The number of phenolic OH excluding ortho intramolecular Hbond substituents is 1. The lowest BCUT2D eigenvalue weighted by atomic mass is 10.1. The summed E-state index contributed by atoms with van der Waals surface area (Å²) in [5.74, 6) is -0.639. The Morgan fingerprint density at radius 3 is 2.47 bits per heavy atom. The predicted octanol–water partition coefficient (Wildman–Crippen LogP) is 2.19. The van der Waals surface area contributed by atoms with Gasteiger partial charge in [-0.05, 0) is 49.0 Å². The fraction of sp³-hybridized carbons (Fsp3) is 0.182. The van der Waals surface area contributed by atoms with Crippen LogP contribution in [-0.4, -0.2) is 51.0 Å². The second-order valence-corrected chi connectivity index (χ2v) is 9.42. The van der Waals surface area contributed by atoms with Gasteiger partial charge in [0.1, 0.15) is 22.1 Å². The summed E-state index contributed by atoms with van der Waals surface area (Å²) < 4.78 is 31.1. The highest BCUT2D eigenvalue weighted by molar-refractivity contribution is 7.89. The van der Waals surface area contributed by atoms with Crippen LogP contribution in [0.4, 0.5) is 0 Å². The van der Waals surface area contributed by atoms with E-state index in [4.69, 9.17) is 16.3 Å². The number of amides is 2. The Balaban J connectivity index is 1.80. The average molecular weight is 507 g/mol. The molecule has 180 valence electrons. The first-order valence-corrected chi connectivity index (χ1v) is 11.8. The molecule has 0 fully saturated rings. The third kappa shape index (κ3) is 5.87.